The van der Waals surface area contributed by atoms with Crippen molar-refractivity contribution >= 4 is 11.7 Å². The molecule has 144 valence electrons. The van der Waals surface area contributed by atoms with Gasteiger partial charge in [-0.2, -0.15) is 13.2 Å². The summed E-state index contributed by atoms with van der Waals surface area (Å²) in [5, 5.41) is 2.55. The smallest absolute Gasteiger partial charge is 0.416 e. The number of alkyl halides is 3. The van der Waals surface area contributed by atoms with Crippen LogP contribution in [0.15, 0.2) is 42.1 Å². The quantitative estimate of drug-likeness (QED) is 0.834. The highest BCUT2D eigenvalue weighted by Gasteiger charge is 2.32. The van der Waals surface area contributed by atoms with Gasteiger partial charge in [0.05, 0.1) is 17.2 Å². The van der Waals surface area contributed by atoms with Crippen molar-refractivity contribution in [3.63, 3.8) is 0 Å². The SMILES string of the molecule is O=C1C=C(NC(=O)c2ccc(C(F)(F)F)cc2OC2CCCCC2)C=CC1. The number of carbonyl (C=O) groups excluding carboxylic acids is 2. The van der Waals surface area contributed by atoms with Crippen LogP contribution in [0.3, 0.4) is 0 Å². The van der Waals surface area contributed by atoms with Crippen LogP contribution in [0.5, 0.6) is 5.75 Å². The number of amides is 1. The van der Waals surface area contributed by atoms with E-state index in [1.54, 1.807) is 12.2 Å². The summed E-state index contributed by atoms with van der Waals surface area (Å²) >= 11 is 0. The number of ether oxygens (including phenoxy) is 1. The highest BCUT2D eigenvalue weighted by molar-refractivity contribution is 6.00. The molecule has 1 amide bonds. The van der Waals surface area contributed by atoms with E-state index in [4.69, 9.17) is 4.74 Å². The maximum Gasteiger partial charge on any atom is 0.416 e. The van der Waals surface area contributed by atoms with Gasteiger partial charge in [-0.3, -0.25) is 9.59 Å². The molecule has 0 unspecified atom stereocenters. The third-order valence-electron chi connectivity index (χ3n) is 4.59. The summed E-state index contributed by atoms with van der Waals surface area (Å²) in [5.74, 6) is -0.847. The Morgan fingerprint density at radius 3 is 2.56 bits per heavy atom. The van der Waals surface area contributed by atoms with E-state index >= 15 is 0 Å². The molecule has 4 nitrogen and oxygen atoms in total. The molecule has 1 aromatic carbocycles. The molecule has 27 heavy (non-hydrogen) atoms. The van der Waals surface area contributed by atoms with Gasteiger partial charge in [-0.15, -0.1) is 0 Å². The Kier molecular flexibility index (Phi) is 5.68. The van der Waals surface area contributed by atoms with Crippen molar-refractivity contribution in [1.29, 1.82) is 0 Å². The van der Waals surface area contributed by atoms with E-state index in [1.807, 2.05) is 0 Å². The molecular weight excluding hydrogens is 359 g/mol. The van der Waals surface area contributed by atoms with Gasteiger partial charge in [0.1, 0.15) is 5.75 Å². The Bertz CT molecular complexity index is 790. The van der Waals surface area contributed by atoms with Crippen molar-refractivity contribution in [2.24, 2.45) is 0 Å². The summed E-state index contributed by atoms with van der Waals surface area (Å²) < 4.78 is 45.0. The first-order valence-electron chi connectivity index (χ1n) is 8.93. The Labute approximate surface area is 155 Å². The molecule has 0 heterocycles. The second kappa shape index (κ2) is 7.98. The number of nitrogens with one attached hydrogen (secondary N) is 1. The van der Waals surface area contributed by atoms with E-state index in [1.165, 1.54) is 6.08 Å². The second-order valence-corrected chi connectivity index (χ2v) is 6.71. The van der Waals surface area contributed by atoms with Gasteiger partial charge in [0.15, 0.2) is 5.78 Å². The number of benzene rings is 1. The minimum atomic E-state index is -4.53. The Morgan fingerprint density at radius 2 is 1.89 bits per heavy atom. The maximum absolute atomic E-state index is 13.1. The largest absolute Gasteiger partial charge is 0.490 e. The van der Waals surface area contributed by atoms with Crippen molar-refractivity contribution in [1.82, 2.24) is 5.32 Å². The van der Waals surface area contributed by atoms with Gasteiger partial charge in [-0.1, -0.05) is 12.5 Å². The highest BCUT2D eigenvalue weighted by atomic mass is 19.4. The van der Waals surface area contributed by atoms with Crippen molar-refractivity contribution in [3.05, 3.63) is 53.3 Å². The average molecular weight is 379 g/mol. The Hall–Kier alpha value is -2.57. The minimum absolute atomic E-state index is 0.0147. The van der Waals surface area contributed by atoms with Crippen molar-refractivity contribution < 1.29 is 27.5 Å². The van der Waals surface area contributed by atoms with Crippen molar-refractivity contribution in [3.8, 4) is 5.75 Å². The van der Waals surface area contributed by atoms with E-state index in [0.29, 0.717) is 5.70 Å². The monoisotopic (exact) mass is 379 g/mol. The van der Waals surface area contributed by atoms with Crippen LogP contribution in [0.4, 0.5) is 13.2 Å². The normalized spacial score (nSPS) is 18.2. The molecule has 3 rings (SSSR count). The number of halogens is 3. The average Bonchev–Trinajstić information content (AvgIpc) is 2.62. The topological polar surface area (TPSA) is 55.4 Å². The van der Waals surface area contributed by atoms with Crippen LogP contribution < -0.4 is 10.1 Å². The molecule has 2 aliphatic carbocycles. The highest BCUT2D eigenvalue weighted by Crippen LogP contribution is 2.34. The molecule has 0 bridgehead atoms. The number of hydrogen-bond donors (Lipinski definition) is 1. The van der Waals surface area contributed by atoms with Crippen molar-refractivity contribution in [2.45, 2.75) is 50.8 Å². The second-order valence-electron chi connectivity index (χ2n) is 6.71. The van der Waals surface area contributed by atoms with Crippen LogP contribution in [-0.4, -0.2) is 17.8 Å². The zero-order valence-corrected chi connectivity index (χ0v) is 14.6. The third-order valence-corrected chi connectivity index (χ3v) is 4.59. The van der Waals surface area contributed by atoms with E-state index in [2.05, 4.69) is 5.32 Å². The summed E-state index contributed by atoms with van der Waals surface area (Å²) in [6, 6.07) is 2.85. The number of rotatable bonds is 4. The lowest BCUT2D eigenvalue weighted by Gasteiger charge is -2.25. The predicted octanol–water partition coefficient (Wildman–Crippen LogP) is 4.56. The molecule has 0 atom stereocenters. The lowest BCUT2D eigenvalue weighted by Crippen LogP contribution is -2.26. The number of hydrogen-bond acceptors (Lipinski definition) is 3. The Morgan fingerprint density at radius 1 is 1.15 bits per heavy atom. The van der Waals surface area contributed by atoms with E-state index in [9.17, 15) is 22.8 Å². The fourth-order valence-corrected chi connectivity index (χ4v) is 3.20. The van der Waals surface area contributed by atoms with Crippen LogP contribution in [0.1, 0.15) is 54.4 Å². The van der Waals surface area contributed by atoms with Crippen LogP contribution in [0.25, 0.3) is 0 Å². The Balaban J connectivity index is 1.86. The summed E-state index contributed by atoms with van der Waals surface area (Å²) in [5.41, 5.74) is -0.544. The van der Waals surface area contributed by atoms with Crippen LogP contribution >= 0.6 is 0 Å². The summed E-state index contributed by atoms with van der Waals surface area (Å²) in [6.45, 7) is 0. The van der Waals surface area contributed by atoms with Crippen LogP contribution in [0, 0.1) is 0 Å². The van der Waals surface area contributed by atoms with Crippen molar-refractivity contribution in [2.75, 3.05) is 0 Å². The third kappa shape index (κ3) is 4.99. The van der Waals surface area contributed by atoms with Gasteiger partial charge in [0.2, 0.25) is 0 Å². The number of allylic oxidation sites excluding steroid dienone is 3. The minimum Gasteiger partial charge on any atom is -0.490 e. The van der Waals surface area contributed by atoms with E-state index in [-0.39, 0.29) is 29.6 Å². The zero-order chi connectivity index (χ0) is 19.4. The summed E-state index contributed by atoms with van der Waals surface area (Å²) in [7, 11) is 0. The fraction of sp³-hybridized carbons (Fsp3) is 0.400. The maximum atomic E-state index is 13.1. The van der Waals surface area contributed by atoms with Crippen LogP contribution in [0.2, 0.25) is 0 Å². The lowest BCUT2D eigenvalue weighted by molar-refractivity contribution is -0.137. The van der Waals surface area contributed by atoms with E-state index < -0.39 is 17.6 Å². The molecule has 2 aliphatic rings. The van der Waals surface area contributed by atoms with Gasteiger partial charge >= 0.3 is 6.18 Å². The number of carbonyl (C=O) groups is 2. The molecular formula is C20H20F3NO3. The van der Waals surface area contributed by atoms with Gasteiger partial charge < -0.3 is 10.1 Å². The predicted molar refractivity (Wildman–Crippen MR) is 93.3 cm³/mol. The fourth-order valence-electron chi connectivity index (χ4n) is 3.20. The first-order valence-corrected chi connectivity index (χ1v) is 8.93. The molecule has 1 aromatic rings. The molecule has 0 saturated heterocycles. The summed E-state index contributed by atoms with van der Waals surface area (Å²) in [6.07, 6.45) is 4.50. The zero-order valence-electron chi connectivity index (χ0n) is 14.6. The molecule has 1 N–H and O–H groups in total. The first-order chi connectivity index (χ1) is 12.8. The lowest BCUT2D eigenvalue weighted by atomic mass is 9.97. The molecule has 7 heteroatoms. The van der Waals surface area contributed by atoms with Gasteiger partial charge in [0, 0.05) is 18.2 Å². The molecule has 0 aliphatic heterocycles. The molecule has 0 spiro atoms. The first kappa shape index (κ1) is 19.2. The molecule has 1 saturated carbocycles. The molecule has 0 radical (unpaired) electrons. The van der Waals surface area contributed by atoms with Gasteiger partial charge in [-0.05, 0) is 50.0 Å². The van der Waals surface area contributed by atoms with Crippen LogP contribution in [-0.2, 0) is 11.0 Å². The molecule has 0 aromatic heterocycles. The van der Waals surface area contributed by atoms with E-state index in [0.717, 1.165) is 50.3 Å². The standard InChI is InChI=1S/C20H20F3NO3/c21-20(22,23)13-9-10-17(18(11-13)27-16-7-2-1-3-8-16)19(26)24-14-5-4-6-15(25)12-14/h4-5,9-12,16H,1-3,6-8H2,(H,24,26). The van der Waals surface area contributed by atoms with Gasteiger partial charge in [0.25, 0.3) is 5.91 Å². The summed E-state index contributed by atoms with van der Waals surface area (Å²) in [4.78, 5) is 24.0. The molecule has 1 fully saturated rings. The van der Waals surface area contributed by atoms with Gasteiger partial charge in [-0.25, -0.2) is 0 Å². The number of ketones is 1.